The Kier molecular flexibility index (Phi) is 10.7. The number of carboxylic acid groups (broad SMARTS) is 1. The molecule has 0 saturated carbocycles. The smallest absolute Gasteiger partial charge is 0.303 e. The molecule has 0 radical (unpaired) electrons. The van der Waals surface area contributed by atoms with Gasteiger partial charge in [-0.2, -0.15) is 0 Å². The lowest BCUT2D eigenvalue weighted by Crippen LogP contribution is -2.13. The van der Waals surface area contributed by atoms with Crippen LogP contribution in [0.1, 0.15) is 49.0 Å². The fraction of sp³-hybridized carbons (Fsp3) is 0.348. The molecule has 0 saturated heterocycles. The molecule has 2 N–H and O–H groups in total. The zero-order valence-corrected chi connectivity index (χ0v) is 17.9. The fourth-order valence-corrected chi connectivity index (χ4v) is 2.65. The number of Topliss-reactive ketones (excluding diaryl/α,β-unsaturated/α-hetero) is 1. The molecule has 1 amide bonds. The van der Waals surface area contributed by atoms with Gasteiger partial charge in [0, 0.05) is 24.1 Å². The van der Waals surface area contributed by atoms with Gasteiger partial charge in [0.05, 0.1) is 20.6 Å². The molecule has 7 heteroatoms. The summed E-state index contributed by atoms with van der Waals surface area (Å²) in [4.78, 5) is 34.8. The zero-order valence-electron chi connectivity index (χ0n) is 17.9. The van der Waals surface area contributed by atoms with E-state index in [2.05, 4.69) is 5.32 Å². The largest absolute Gasteiger partial charge is 0.493 e. The summed E-state index contributed by atoms with van der Waals surface area (Å²) in [5.74, 6) is -0.259. The molecule has 2 aromatic rings. The molecular weight excluding hydrogens is 386 g/mol. The summed E-state index contributed by atoms with van der Waals surface area (Å²) in [6.07, 6.45) is 0.475. The van der Waals surface area contributed by atoms with Crippen LogP contribution in [0.4, 0.5) is 5.69 Å². The highest BCUT2D eigenvalue weighted by Gasteiger charge is 2.11. The third kappa shape index (κ3) is 7.95. The standard InChI is InChI=1S/C21H23NO6.C2H6/c1-27-18-9-7-14(12-19(18)28-2)6-8-17(23)15-4-3-5-16(13-15)22-20(24)10-11-21(25)26;1-2/h3-5,7,9,12-13H,6,8,10-11H2,1-2H3,(H,22,24)(H,25,26);1-2H3. The molecule has 162 valence electrons. The third-order valence-corrected chi connectivity index (χ3v) is 4.12. The molecule has 0 fully saturated rings. The average Bonchev–Trinajstić information content (AvgIpc) is 2.77. The summed E-state index contributed by atoms with van der Waals surface area (Å²) < 4.78 is 10.5. The van der Waals surface area contributed by atoms with Crippen molar-refractivity contribution in [1.82, 2.24) is 0 Å². The summed E-state index contributed by atoms with van der Waals surface area (Å²) in [6, 6.07) is 12.1. The molecule has 30 heavy (non-hydrogen) atoms. The number of methoxy groups -OCH3 is 2. The number of carbonyl (C=O) groups excluding carboxylic acids is 2. The number of benzene rings is 2. The lowest BCUT2D eigenvalue weighted by Gasteiger charge is -2.10. The van der Waals surface area contributed by atoms with Crippen LogP contribution in [-0.2, 0) is 16.0 Å². The van der Waals surface area contributed by atoms with E-state index in [0.29, 0.717) is 35.6 Å². The Bertz CT molecular complexity index is 863. The van der Waals surface area contributed by atoms with Gasteiger partial charge >= 0.3 is 5.97 Å². The first-order chi connectivity index (χ1) is 14.4. The van der Waals surface area contributed by atoms with Crippen LogP contribution in [0.5, 0.6) is 11.5 Å². The topological polar surface area (TPSA) is 102 Å². The number of anilines is 1. The van der Waals surface area contributed by atoms with Crippen molar-refractivity contribution in [3.63, 3.8) is 0 Å². The molecule has 0 spiro atoms. The SMILES string of the molecule is CC.COc1ccc(CCC(=O)c2cccc(NC(=O)CCC(=O)O)c2)cc1OC. The molecule has 2 rings (SSSR count). The van der Waals surface area contributed by atoms with E-state index in [4.69, 9.17) is 14.6 Å². The van der Waals surface area contributed by atoms with Crippen molar-refractivity contribution >= 4 is 23.3 Å². The van der Waals surface area contributed by atoms with Gasteiger partial charge in [-0.3, -0.25) is 14.4 Å². The quantitative estimate of drug-likeness (QED) is 0.560. The molecule has 0 aliphatic carbocycles. The van der Waals surface area contributed by atoms with Gasteiger partial charge in [0.1, 0.15) is 0 Å². The molecule has 0 bridgehead atoms. The van der Waals surface area contributed by atoms with E-state index in [9.17, 15) is 14.4 Å². The van der Waals surface area contributed by atoms with Crippen molar-refractivity contribution in [3.8, 4) is 11.5 Å². The van der Waals surface area contributed by atoms with Crippen molar-refractivity contribution in [2.45, 2.75) is 39.5 Å². The van der Waals surface area contributed by atoms with E-state index < -0.39 is 11.9 Å². The highest BCUT2D eigenvalue weighted by Crippen LogP contribution is 2.28. The van der Waals surface area contributed by atoms with E-state index in [1.54, 1.807) is 44.6 Å². The molecular formula is C23H29NO6. The summed E-state index contributed by atoms with van der Waals surface area (Å²) >= 11 is 0. The molecule has 0 aliphatic heterocycles. The highest BCUT2D eigenvalue weighted by atomic mass is 16.5. The van der Waals surface area contributed by atoms with Gasteiger partial charge in [-0.15, -0.1) is 0 Å². The van der Waals surface area contributed by atoms with Gasteiger partial charge in [0.15, 0.2) is 17.3 Å². The number of amides is 1. The predicted molar refractivity (Wildman–Crippen MR) is 115 cm³/mol. The van der Waals surface area contributed by atoms with E-state index in [1.807, 2.05) is 26.0 Å². The van der Waals surface area contributed by atoms with Gasteiger partial charge in [0.2, 0.25) is 5.91 Å². The van der Waals surface area contributed by atoms with Crippen molar-refractivity contribution < 1.29 is 29.0 Å². The van der Waals surface area contributed by atoms with E-state index in [-0.39, 0.29) is 18.6 Å². The van der Waals surface area contributed by atoms with Crippen molar-refractivity contribution in [3.05, 3.63) is 53.6 Å². The lowest BCUT2D eigenvalue weighted by atomic mass is 10.0. The minimum absolute atomic E-state index is 0.0589. The zero-order chi connectivity index (χ0) is 22.5. The van der Waals surface area contributed by atoms with Crippen LogP contribution >= 0.6 is 0 Å². The Hall–Kier alpha value is -3.35. The van der Waals surface area contributed by atoms with E-state index >= 15 is 0 Å². The molecule has 0 unspecified atom stereocenters. The first-order valence-corrected chi connectivity index (χ1v) is 9.78. The monoisotopic (exact) mass is 415 g/mol. The van der Waals surface area contributed by atoms with E-state index in [0.717, 1.165) is 5.56 Å². The molecule has 2 aromatic carbocycles. The summed E-state index contributed by atoms with van der Waals surface area (Å²) in [5.41, 5.74) is 1.90. The number of carboxylic acids is 1. The van der Waals surface area contributed by atoms with Crippen LogP contribution in [-0.4, -0.2) is 37.0 Å². The number of ketones is 1. The molecule has 0 atom stereocenters. The van der Waals surface area contributed by atoms with Crippen molar-refractivity contribution in [2.24, 2.45) is 0 Å². The van der Waals surface area contributed by atoms with Crippen LogP contribution in [0.3, 0.4) is 0 Å². The predicted octanol–water partition coefficient (Wildman–Crippen LogP) is 4.35. The second-order valence-electron chi connectivity index (χ2n) is 6.14. The maximum Gasteiger partial charge on any atom is 0.303 e. The van der Waals surface area contributed by atoms with Gasteiger partial charge < -0.3 is 19.9 Å². The van der Waals surface area contributed by atoms with E-state index in [1.165, 1.54) is 0 Å². The van der Waals surface area contributed by atoms with Gasteiger partial charge in [-0.05, 0) is 36.2 Å². The summed E-state index contributed by atoms with van der Waals surface area (Å²) in [5, 5.41) is 11.2. The normalized spacial score (nSPS) is 9.73. The number of ether oxygens (including phenoxy) is 2. The fourth-order valence-electron chi connectivity index (χ4n) is 2.65. The van der Waals surface area contributed by atoms with Gasteiger partial charge in [-0.1, -0.05) is 32.0 Å². The number of aryl methyl sites for hydroxylation is 1. The Morgan fingerprint density at radius 2 is 1.60 bits per heavy atom. The Labute approximate surface area is 177 Å². The number of aliphatic carboxylic acids is 1. The first kappa shape index (κ1) is 24.7. The summed E-state index contributed by atoms with van der Waals surface area (Å²) in [6.45, 7) is 4.00. The average molecular weight is 415 g/mol. The second kappa shape index (κ2) is 13.0. The maximum atomic E-state index is 12.5. The minimum atomic E-state index is -1.03. The molecule has 0 heterocycles. The number of carbonyl (C=O) groups is 3. The molecule has 0 aliphatic rings. The van der Waals surface area contributed by atoms with Crippen LogP contribution in [0.25, 0.3) is 0 Å². The highest BCUT2D eigenvalue weighted by molar-refractivity contribution is 5.98. The first-order valence-electron chi connectivity index (χ1n) is 9.78. The number of rotatable bonds is 10. The van der Waals surface area contributed by atoms with Crippen LogP contribution in [0.15, 0.2) is 42.5 Å². The number of hydrogen-bond acceptors (Lipinski definition) is 5. The minimum Gasteiger partial charge on any atom is -0.493 e. The van der Waals surface area contributed by atoms with Crippen LogP contribution < -0.4 is 14.8 Å². The number of nitrogens with one attached hydrogen (secondary N) is 1. The van der Waals surface area contributed by atoms with Gasteiger partial charge in [0.25, 0.3) is 0 Å². The van der Waals surface area contributed by atoms with Gasteiger partial charge in [-0.25, -0.2) is 0 Å². The Morgan fingerprint density at radius 1 is 0.900 bits per heavy atom. The number of hydrogen-bond donors (Lipinski definition) is 2. The maximum absolute atomic E-state index is 12.5. The second-order valence-corrected chi connectivity index (χ2v) is 6.14. The van der Waals surface area contributed by atoms with Crippen molar-refractivity contribution in [2.75, 3.05) is 19.5 Å². The Balaban J connectivity index is 0.00000218. The van der Waals surface area contributed by atoms with Crippen molar-refractivity contribution in [1.29, 1.82) is 0 Å². The van der Waals surface area contributed by atoms with Crippen LogP contribution in [0, 0.1) is 0 Å². The van der Waals surface area contributed by atoms with Crippen LogP contribution in [0.2, 0.25) is 0 Å². The molecule has 0 aromatic heterocycles. The molecule has 7 nitrogen and oxygen atoms in total. The third-order valence-electron chi connectivity index (χ3n) is 4.12. The summed E-state index contributed by atoms with van der Waals surface area (Å²) in [7, 11) is 3.12. The Morgan fingerprint density at radius 3 is 2.23 bits per heavy atom. The lowest BCUT2D eigenvalue weighted by molar-refractivity contribution is -0.138.